The van der Waals surface area contributed by atoms with E-state index in [9.17, 15) is 0 Å². The molecular formula is C116H74N4O3. The number of para-hydroxylation sites is 1. The highest BCUT2D eigenvalue weighted by Gasteiger charge is 2.31. The Kier molecular flexibility index (Phi) is 15.1. The van der Waals surface area contributed by atoms with E-state index < -0.39 is 0 Å². The summed E-state index contributed by atoms with van der Waals surface area (Å²) >= 11 is 0. The van der Waals surface area contributed by atoms with E-state index in [0.29, 0.717) is 13.1 Å². The molecule has 576 valence electrons. The number of hydrogen-bond acceptors (Lipinski definition) is 7. The molecule has 7 heteroatoms. The van der Waals surface area contributed by atoms with E-state index in [1.54, 1.807) is 0 Å². The molecule has 24 aromatic rings. The van der Waals surface area contributed by atoms with Gasteiger partial charge in [0.1, 0.15) is 22.3 Å². The molecule has 0 bridgehead atoms. The smallest absolute Gasteiger partial charge is 0.160 e. The van der Waals surface area contributed by atoms with Crippen LogP contribution in [0.2, 0.25) is 0 Å². The van der Waals surface area contributed by atoms with Crippen molar-refractivity contribution in [3.63, 3.8) is 0 Å². The summed E-state index contributed by atoms with van der Waals surface area (Å²) in [5, 5.41) is 29.7. The van der Waals surface area contributed by atoms with E-state index in [1.807, 2.05) is 18.3 Å². The van der Waals surface area contributed by atoms with Crippen molar-refractivity contribution in [3.05, 3.63) is 384 Å². The first-order valence-electron chi connectivity index (χ1n) is 42.6. The lowest BCUT2D eigenvalue weighted by Crippen LogP contribution is -2.36. The summed E-state index contributed by atoms with van der Waals surface area (Å²) in [6, 6.07) is 130. The third-order valence-electron chi connectivity index (χ3n) is 26.6. The van der Waals surface area contributed by atoms with Gasteiger partial charge in [-0.1, -0.05) is 293 Å². The second-order valence-electron chi connectivity index (χ2n) is 33.6. The van der Waals surface area contributed by atoms with E-state index in [-0.39, 0.29) is 5.92 Å². The van der Waals surface area contributed by atoms with Crippen molar-refractivity contribution < 1.29 is 13.3 Å². The van der Waals surface area contributed by atoms with Crippen LogP contribution in [0, 0.1) is 0 Å². The van der Waals surface area contributed by atoms with Crippen LogP contribution >= 0.6 is 0 Å². The van der Waals surface area contributed by atoms with E-state index in [2.05, 4.69) is 393 Å². The lowest BCUT2D eigenvalue weighted by atomic mass is 9.89. The molecule has 0 saturated carbocycles. The molecule has 0 fully saturated rings. The van der Waals surface area contributed by atoms with Crippen molar-refractivity contribution >= 4 is 205 Å². The average molecular weight is 1570 g/mol. The molecule has 123 heavy (non-hydrogen) atoms. The van der Waals surface area contributed by atoms with E-state index >= 15 is 0 Å². The zero-order valence-electron chi connectivity index (χ0n) is 67.4. The van der Waals surface area contributed by atoms with Crippen LogP contribution < -0.4 is 35.6 Å². The lowest BCUT2D eigenvalue weighted by Gasteiger charge is -2.30. The fraction of sp³-hybridized carbons (Fsp3) is 0.0431. The van der Waals surface area contributed by atoms with E-state index in [1.165, 1.54) is 86.9 Å². The number of pyridine rings is 1. The molecule has 2 aliphatic heterocycles. The third kappa shape index (κ3) is 10.6. The topological polar surface area (TPSA) is 62.0 Å². The Balaban J connectivity index is 0.736. The molecule has 0 atom stereocenters. The van der Waals surface area contributed by atoms with Gasteiger partial charge in [0, 0.05) is 103 Å². The van der Waals surface area contributed by atoms with Crippen LogP contribution in [0.3, 0.4) is 0 Å². The second kappa shape index (κ2) is 26.8. The van der Waals surface area contributed by atoms with Gasteiger partial charge in [0.15, 0.2) is 11.2 Å². The largest absolute Gasteiger partial charge is 0.456 e. The fourth-order valence-corrected chi connectivity index (χ4v) is 20.8. The van der Waals surface area contributed by atoms with Gasteiger partial charge in [-0.25, -0.2) is 0 Å². The van der Waals surface area contributed by atoms with Crippen molar-refractivity contribution in [2.24, 2.45) is 0 Å². The van der Waals surface area contributed by atoms with Crippen molar-refractivity contribution in [2.45, 2.75) is 19.8 Å². The number of nitrogens with zero attached hydrogens (tertiary/aromatic N) is 4. The third-order valence-corrected chi connectivity index (χ3v) is 26.6. The van der Waals surface area contributed by atoms with Crippen molar-refractivity contribution in [2.75, 3.05) is 27.8 Å². The summed E-state index contributed by atoms with van der Waals surface area (Å²) in [6.07, 6.45) is 11.6. The highest BCUT2D eigenvalue weighted by Crippen LogP contribution is 2.56. The number of benzene rings is 19. The summed E-state index contributed by atoms with van der Waals surface area (Å²) < 4.78 is 22.3. The first kappa shape index (κ1) is 69.2. The molecule has 0 saturated heterocycles. The van der Waals surface area contributed by atoms with Gasteiger partial charge in [-0.3, -0.25) is 4.98 Å². The van der Waals surface area contributed by atoms with Crippen LogP contribution in [0.4, 0.5) is 28.4 Å². The van der Waals surface area contributed by atoms with Gasteiger partial charge < -0.3 is 28.0 Å². The molecule has 4 aromatic heterocycles. The summed E-state index contributed by atoms with van der Waals surface area (Å²) in [5.74, 6) is 0.244. The maximum atomic E-state index is 8.08. The summed E-state index contributed by atoms with van der Waals surface area (Å²) in [5.41, 5.74) is 22.1. The summed E-state index contributed by atoms with van der Waals surface area (Å²) in [6.45, 7) is 5.82. The minimum Gasteiger partial charge on any atom is -0.456 e. The van der Waals surface area contributed by atoms with Gasteiger partial charge in [-0.05, 0) is 226 Å². The van der Waals surface area contributed by atoms with Gasteiger partial charge in [-0.15, -0.1) is 0 Å². The van der Waals surface area contributed by atoms with Gasteiger partial charge >= 0.3 is 0 Å². The molecular weight excluding hydrogens is 1500 g/mol. The van der Waals surface area contributed by atoms with Crippen molar-refractivity contribution in [1.82, 2.24) is 4.98 Å². The Morgan fingerprint density at radius 1 is 0.317 bits per heavy atom. The minimum atomic E-state index is 0.244. The molecule has 0 unspecified atom stereocenters. The molecule has 6 heterocycles. The number of hydrogen-bond donors (Lipinski definition) is 0. The molecule has 2 aliphatic rings. The maximum Gasteiger partial charge on any atom is 0.160 e. The zero-order valence-corrected chi connectivity index (χ0v) is 67.4. The Labute approximate surface area is 706 Å². The highest BCUT2D eigenvalue weighted by molar-refractivity contribution is 6.39. The lowest BCUT2D eigenvalue weighted by molar-refractivity contribution is 0.668. The van der Waals surface area contributed by atoms with E-state index in [4.69, 9.17) is 18.2 Å². The molecule has 0 aliphatic carbocycles. The number of anilines is 5. The predicted octanol–water partition coefficient (Wildman–Crippen LogP) is 28.4. The summed E-state index contributed by atoms with van der Waals surface area (Å²) in [4.78, 5) is 12.7. The first-order chi connectivity index (χ1) is 60.8. The Hall–Kier alpha value is -15.8. The predicted molar refractivity (Wildman–Crippen MR) is 517 cm³/mol. The Morgan fingerprint density at radius 2 is 0.878 bits per heavy atom. The molecule has 0 N–H and O–H groups in total. The zero-order chi connectivity index (χ0) is 80.8. The van der Waals surface area contributed by atoms with Crippen LogP contribution in [-0.2, 0) is 0 Å². The monoisotopic (exact) mass is 1570 g/mol. The number of fused-ring (bicyclic) bond motifs is 16. The average Bonchev–Trinajstić information content (AvgIpc) is 1.47. The normalized spacial score (nSPS) is 13.0. The van der Waals surface area contributed by atoms with E-state index in [0.717, 1.165) is 176 Å². The summed E-state index contributed by atoms with van der Waals surface area (Å²) in [7, 11) is 0. The highest BCUT2D eigenvalue weighted by atomic mass is 16.3. The molecule has 0 amide bonds. The number of aromatic nitrogens is 1. The van der Waals surface area contributed by atoms with Gasteiger partial charge in [0.25, 0.3) is 0 Å². The molecule has 0 radical (unpaired) electrons. The maximum absolute atomic E-state index is 8.08. The van der Waals surface area contributed by atoms with Crippen LogP contribution in [-0.4, -0.2) is 18.1 Å². The molecule has 20 aromatic carbocycles. The van der Waals surface area contributed by atoms with Gasteiger partial charge in [0.2, 0.25) is 0 Å². The molecule has 7 nitrogen and oxygen atoms in total. The minimum absolute atomic E-state index is 0.244. The molecule has 26 rings (SSSR count). The fourth-order valence-electron chi connectivity index (χ4n) is 20.8. The van der Waals surface area contributed by atoms with Crippen LogP contribution in [0.5, 0.6) is 0 Å². The molecule has 0 spiro atoms. The van der Waals surface area contributed by atoms with Gasteiger partial charge in [-0.2, -0.15) is 0 Å². The second-order valence-corrected chi connectivity index (χ2v) is 33.6. The SMILES string of the molecule is CC(C)c1cccc(N(c2c3ccccc3c(-c3ccccc3)c3ccccc23)c2ccc3c4cc(N5C=c6ccc7ccc(-c8ccccc8)cc7c6=CC5)cc5oc6c(N7C=c8ccc9c(-c%10cccc%11c%10ccc%10ccccc%10%11)cccc9c8=CC7)ccc(c7cc(-c8ccc(-c9ccc%10oc%11ccccc%11c%10c9)nc8)cc8oc2c3c87)c6c54)c1. The Morgan fingerprint density at radius 3 is 1.66 bits per heavy atom. The van der Waals surface area contributed by atoms with Crippen molar-refractivity contribution in [3.8, 4) is 55.8 Å². The number of furan rings is 3. The van der Waals surface area contributed by atoms with Crippen molar-refractivity contribution in [1.29, 1.82) is 0 Å². The number of rotatable bonds is 11. The van der Waals surface area contributed by atoms with Crippen LogP contribution in [0.15, 0.2) is 371 Å². The first-order valence-corrected chi connectivity index (χ1v) is 42.6. The van der Waals surface area contributed by atoms with Gasteiger partial charge in [0.05, 0.1) is 22.8 Å². The Bertz CT molecular complexity index is 8890. The van der Waals surface area contributed by atoms with Crippen LogP contribution in [0.1, 0.15) is 25.3 Å². The van der Waals surface area contributed by atoms with Crippen LogP contribution in [0.25, 0.3) is 232 Å². The standard InChI is InChI=1S/C116H74N4O3/c1-68(2)73-25-17-26-80(58-73)120(114-96-31-13-11-29-92(96)109(72-23-7-4-8-24-72)93-30-12-14-32-97(93)114)104-52-49-95-101-63-81(118-56-54-84-77(66-118)41-39-71-38-40-74(59-98(71)84)69-20-5-3-6-21-69)64-108-111(101)112-94(100-61-79(62-107-110(100)113(95)116(104)122-107)76-44-50-102(117-65-76)75-45-53-106-99(60-75)91-28-15-16-37-105(91)121-106)48-51-103(115(112)123-108)119-57-55-83-78(67-119)43-47-90-86(83)34-19-36-88(90)87-35-18-33-85-82-27-10-9-22-70(82)42-46-89(85)87/h3-55,58-68H,56-57H2,1-2H3. The quantitative estimate of drug-likeness (QED) is 0.0944.